The maximum absolute atomic E-state index is 10.3. The summed E-state index contributed by atoms with van der Waals surface area (Å²) in [6, 6.07) is 0. The van der Waals surface area contributed by atoms with Crippen LogP contribution in [0.4, 0.5) is 0 Å². The molecule has 5 heteroatoms. The van der Waals surface area contributed by atoms with Crippen LogP contribution < -0.4 is 0 Å². The smallest absolute Gasteiger partial charge is 0.481 e. The van der Waals surface area contributed by atoms with Crippen molar-refractivity contribution in [3.8, 4) is 0 Å². The van der Waals surface area contributed by atoms with Crippen molar-refractivity contribution >= 4 is 13.1 Å². The number of carboxylic acids is 1. The predicted octanol–water partition coefficient (Wildman–Crippen LogP) is 3.60. The van der Waals surface area contributed by atoms with Gasteiger partial charge in [-0.25, -0.2) is 0 Å². The summed E-state index contributed by atoms with van der Waals surface area (Å²) in [7, 11) is -0.257. The Morgan fingerprint density at radius 1 is 1.05 bits per heavy atom. The van der Waals surface area contributed by atoms with Gasteiger partial charge in [-0.15, -0.1) is 0 Å². The SMILES string of the molecule is CC1(C)OB(/C=C/CCCCCCC(=O)O)OC1(C)C. The van der Waals surface area contributed by atoms with E-state index in [4.69, 9.17) is 14.4 Å². The van der Waals surface area contributed by atoms with Crippen LogP contribution in [0.15, 0.2) is 12.1 Å². The number of unbranched alkanes of at least 4 members (excludes halogenated alkanes) is 4. The summed E-state index contributed by atoms with van der Waals surface area (Å²) in [5.74, 6) is 1.28. The highest BCUT2D eigenvalue weighted by Crippen LogP contribution is 2.36. The van der Waals surface area contributed by atoms with Gasteiger partial charge in [0.15, 0.2) is 0 Å². The molecule has 0 atom stereocenters. The van der Waals surface area contributed by atoms with Crippen molar-refractivity contribution in [2.45, 2.75) is 77.4 Å². The first-order valence-electron chi connectivity index (χ1n) is 7.49. The van der Waals surface area contributed by atoms with Gasteiger partial charge in [-0.1, -0.05) is 24.9 Å². The predicted molar refractivity (Wildman–Crippen MR) is 80.6 cm³/mol. The molecule has 4 nitrogen and oxygen atoms in total. The van der Waals surface area contributed by atoms with Gasteiger partial charge in [-0.3, -0.25) is 4.79 Å². The van der Waals surface area contributed by atoms with Crippen LogP contribution in [0.2, 0.25) is 0 Å². The monoisotopic (exact) mass is 282 g/mol. The van der Waals surface area contributed by atoms with Crippen molar-refractivity contribution in [1.82, 2.24) is 0 Å². The molecule has 0 saturated carbocycles. The molecule has 0 unspecified atom stereocenters. The summed E-state index contributed by atoms with van der Waals surface area (Å²) < 4.78 is 11.7. The number of rotatable bonds is 8. The quantitative estimate of drug-likeness (QED) is 0.546. The van der Waals surface area contributed by atoms with Crippen molar-refractivity contribution in [2.24, 2.45) is 0 Å². The molecule has 0 aromatic rings. The minimum absolute atomic E-state index is 0.257. The maximum Gasteiger partial charge on any atom is 0.486 e. The Labute approximate surface area is 122 Å². The molecule has 0 spiro atoms. The highest BCUT2D eigenvalue weighted by atomic mass is 16.7. The van der Waals surface area contributed by atoms with Crippen molar-refractivity contribution in [3.05, 3.63) is 12.1 Å². The van der Waals surface area contributed by atoms with Gasteiger partial charge in [0.2, 0.25) is 0 Å². The first-order valence-corrected chi connectivity index (χ1v) is 7.49. The number of carbonyl (C=O) groups is 1. The number of hydrogen-bond acceptors (Lipinski definition) is 3. The maximum atomic E-state index is 10.3. The molecular formula is C15H27BO4. The molecule has 0 radical (unpaired) electrons. The second kappa shape index (κ2) is 7.27. The molecule has 0 bridgehead atoms. The van der Waals surface area contributed by atoms with E-state index < -0.39 is 5.97 Å². The van der Waals surface area contributed by atoms with Crippen molar-refractivity contribution < 1.29 is 19.2 Å². The van der Waals surface area contributed by atoms with E-state index in [1.54, 1.807) is 0 Å². The van der Waals surface area contributed by atoms with Crippen LogP contribution in [0.3, 0.4) is 0 Å². The lowest BCUT2D eigenvalue weighted by molar-refractivity contribution is -0.137. The fourth-order valence-electron chi connectivity index (χ4n) is 2.07. The first kappa shape index (κ1) is 17.2. The van der Waals surface area contributed by atoms with Gasteiger partial charge >= 0.3 is 13.1 Å². The standard InChI is InChI=1S/C15H27BO4/c1-14(2)15(3,4)20-16(19-14)12-10-8-6-5-7-9-11-13(17)18/h10,12H,5-9,11H2,1-4H3,(H,17,18)/b12-10+. The molecule has 1 heterocycles. The molecular weight excluding hydrogens is 255 g/mol. The number of allylic oxidation sites excluding steroid dienone is 1. The van der Waals surface area contributed by atoms with Crippen LogP contribution in [-0.4, -0.2) is 29.4 Å². The van der Waals surface area contributed by atoms with E-state index in [1.165, 1.54) is 0 Å². The fraction of sp³-hybridized carbons (Fsp3) is 0.800. The molecule has 20 heavy (non-hydrogen) atoms. The molecule has 1 saturated heterocycles. The van der Waals surface area contributed by atoms with E-state index in [0.29, 0.717) is 0 Å². The zero-order chi connectivity index (χ0) is 15.2. The molecule has 0 aromatic heterocycles. The third-order valence-electron chi connectivity index (χ3n) is 4.08. The topological polar surface area (TPSA) is 55.8 Å². The summed E-state index contributed by atoms with van der Waals surface area (Å²) in [5, 5.41) is 8.52. The molecule has 1 aliphatic heterocycles. The van der Waals surface area contributed by atoms with Crippen LogP contribution in [0.25, 0.3) is 0 Å². The Morgan fingerprint density at radius 3 is 2.15 bits per heavy atom. The third-order valence-corrected chi connectivity index (χ3v) is 4.08. The minimum Gasteiger partial charge on any atom is -0.481 e. The number of hydrogen-bond donors (Lipinski definition) is 1. The molecule has 0 amide bonds. The number of aliphatic carboxylic acids is 1. The largest absolute Gasteiger partial charge is 0.486 e. The van der Waals surface area contributed by atoms with E-state index in [2.05, 4.69) is 6.08 Å². The third kappa shape index (κ3) is 5.29. The van der Waals surface area contributed by atoms with Gasteiger partial charge in [0.1, 0.15) is 0 Å². The van der Waals surface area contributed by atoms with Gasteiger partial charge in [0.25, 0.3) is 0 Å². The van der Waals surface area contributed by atoms with Gasteiger partial charge in [0.05, 0.1) is 11.2 Å². The molecule has 1 fully saturated rings. The second-order valence-corrected chi connectivity index (χ2v) is 6.40. The molecule has 0 aliphatic carbocycles. The fourth-order valence-corrected chi connectivity index (χ4v) is 2.07. The Hall–Kier alpha value is -0.805. The molecule has 1 aliphatic rings. The minimum atomic E-state index is -0.703. The van der Waals surface area contributed by atoms with E-state index >= 15 is 0 Å². The van der Waals surface area contributed by atoms with Gasteiger partial charge in [-0.2, -0.15) is 0 Å². The lowest BCUT2D eigenvalue weighted by atomic mass is 9.89. The zero-order valence-electron chi connectivity index (χ0n) is 13.1. The first-order chi connectivity index (χ1) is 9.24. The normalized spacial score (nSPS) is 20.7. The van der Waals surface area contributed by atoms with Gasteiger partial charge in [-0.05, 0) is 47.0 Å². The van der Waals surface area contributed by atoms with E-state index in [9.17, 15) is 4.79 Å². The van der Waals surface area contributed by atoms with E-state index in [0.717, 1.165) is 32.1 Å². The summed E-state index contributed by atoms with van der Waals surface area (Å²) in [6.07, 6.45) is 7.27. The highest BCUT2D eigenvalue weighted by molar-refractivity contribution is 6.51. The Morgan fingerprint density at radius 2 is 1.60 bits per heavy atom. The Kier molecular flexibility index (Phi) is 6.27. The average molecular weight is 282 g/mol. The average Bonchev–Trinajstić information content (AvgIpc) is 2.50. The molecule has 114 valence electrons. The van der Waals surface area contributed by atoms with Crippen LogP contribution in [0.1, 0.15) is 66.2 Å². The van der Waals surface area contributed by atoms with E-state index in [1.807, 2.05) is 33.7 Å². The van der Waals surface area contributed by atoms with Crippen molar-refractivity contribution in [1.29, 1.82) is 0 Å². The Balaban J connectivity index is 2.13. The van der Waals surface area contributed by atoms with Gasteiger partial charge < -0.3 is 14.4 Å². The summed E-state index contributed by atoms with van der Waals surface area (Å²) >= 11 is 0. The van der Waals surface area contributed by atoms with Gasteiger partial charge in [0, 0.05) is 6.42 Å². The summed E-state index contributed by atoms with van der Waals surface area (Å²) in [6.45, 7) is 8.18. The van der Waals surface area contributed by atoms with E-state index in [-0.39, 0.29) is 24.7 Å². The van der Waals surface area contributed by atoms with Crippen molar-refractivity contribution in [2.75, 3.05) is 0 Å². The van der Waals surface area contributed by atoms with Crippen LogP contribution in [0, 0.1) is 0 Å². The zero-order valence-corrected chi connectivity index (χ0v) is 13.1. The molecule has 1 rings (SSSR count). The Bertz CT molecular complexity index is 334. The summed E-state index contributed by atoms with van der Waals surface area (Å²) in [5.41, 5.74) is -0.558. The molecule has 1 N–H and O–H groups in total. The number of carboxylic acid groups (broad SMARTS) is 1. The highest BCUT2D eigenvalue weighted by Gasteiger charge is 2.49. The summed E-state index contributed by atoms with van der Waals surface area (Å²) in [4.78, 5) is 10.3. The van der Waals surface area contributed by atoms with Crippen molar-refractivity contribution in [3.63, 3.8) is 0 Å². The second-order valence-electron chi connectivity index (χ2n) is 6.40. The lowest BCUT2D eigenvalue weighted by Gasteiger charge is -2.32. The van der Waals surface area contributed by atoms with Crippen LogP contribution >= 0.6 is 0 Å². The van der Waals surface area contributed by atoms with Crippen LogP contribution in [0.5, 0.6) is 0 Å². The lowest BCUT2D eigenvalue weighted by Crippen LogP contribution is -2.41. The van der Waals surface area contributed by atoms with Crippen LogP contribution in [-0.2, 0) is 14.1 Å². The molecule has 0 aromatic carbocycles.